The first-order valence-electron chi connectivity index (χ1n) is 7.11. The molecule has 0 bridgehead atoms. The molecule has 1 fully saturated rings. The van der Waals surface area contributed by atoms with Crippen molar-refractivity contribution in [2.75, 3.05) is 14.2 Å². The van der Waals surface area contributed by atoms with Crippen molar-refractivity contribution in [3.63, 3.8) is 0 Å². The molecule has 0 N–H and O–H groups in total. The molecule has 1 aromatic rings. The molecule has 0 radical (unpaired) electrons. The standard InChI is InChI=1S/C16H22BrClO3/c1-8-9(2)21-10(3)15(8)16(17)11-6-13(19-4)14(20-5)7-12(11)18/h6-10,15-16H,1-5H3. The smallest absolute Gasteiger partial charge is 0.162 e. The molecule has 0 saturated carbocycles. The van der Waals surface area contributed by atoms with Gasteiger partial charge in [0, 0.05) is 21.8 Å². The minimum absolute atomic E-state index is 0.111. The fourth-order valence-corrected chi connectivity index (χ4v) is 4.78. The summed E-state index contributed by atoms with van der Waals surface area (Å²) in [6.07, 6.45) is 0.438. The van der Waals surface area contributed by atoms with Crippen LogP contribution in [0.5, 0.6) is 11.5 Å². The van der Waals surface area contributed by atoms with Crippen molar-refractivity contribution < 1.29 is 14.2 Å². The van der Waals surface area contributed by atoms with E-state index in [9.17, 15) is 0 Å². The van der Waals surface area contributed by atoms with Crippen molar-refractivity contribution in [2.24, 2.45) is 11.8 Å². The van der Waals surface area contributed by atoms with Crippen molar-refractivity contribution in [3.05, 3.63) is 22.7 Å². The van der Waals surface area contributed by atoms with Crippen molar-refractivity contribution in [1.29, 1.82) is 0 Å². The SMILES string of the molecule is COc1cc(Cl)c(C(Br)C2C(C)OC(C)C2C)cc1OC. The van der Waals surface area contributed by atoms with Crippen LogP contribution in [0.4, 0.5) is 0 Å². The summed E-state index contributed by atoms with van der Waals surface area (Å²) in [5, 5.41) is 0.675. The maximum absolute atomic E-state index is 6.44. The molecule has 21 heavy (non-hydrogen) atoms. The van der Waals surface area contributed by atoms with Gasteiger partial charge in [-0.15, -0.1) is 0 Å². The highest BCUT2D eigenvalue weighted by Gasteiger charge is 2.42. The average molecular weight is 378 g/mol. The van der Waals surface area contributed by atoms with E-state index in [1.54, 1.807) is 20.3 Å². The molecule has 1 aliphatic rings. The lowest BCUT2D eigenvalue weighted by molar-refractivity contribution is 0.0511. The van der Waals surface area contributed by atoms with E-state index < -0.39 is 0 Å². The second-order valence-corrected chi connectivity index (χ2v) is 7.01. The third-order valence-corrected chi connectivity index (χ3v) is 5.89. The third-order valence-electron chi connectivity index (χ3n) is 4.46. The molecule has 2 rings (SSSR count). The minimum Gasteiger partial charge on any atom is -0.493 e. The maximum atomic E-state index is 6.44. The topological polar surface area (TPSA) is 27.7 Å². The number of alkyl halides is 1. The van der Waals surface area contributed by atoms with Crippen molar-refractivity contribution in [1.82, 2.24) is 0 Å². The van der Waals surface area contributed by atoms with Gasteiger partial charge in [-0.3, -0.25) is 0 Å². The van der Waals surface area contributed by atoms with Gasteiger partial charge in [0.05, 0.1) is 26.4 Å². The first-order chi connectivity index (χ1) is 9.90. The Labute approximate surface area is 140 Å². The molecule has 1 aliphatic heterocycles. The van der Waals surface area contributed by atoms with Crippen molar-refractivity contribution in [3.8, 4) is 11.5 Å². The van der Waals surface area contributed by atoms with Crippen LogP contribution in [-0.2, 0) is 4.74 Å². The van der Waals surface area contributed by atoms with Crippen LogP contribution in [0.25, 0.3) is 0 Å². The van der Waals surface area contributed by atoms with Gasteiger partial charge in [0.1, 0.15) is 0 Å². The molecule has 118 valence electrons. The summed E-state index contributed by atoms with van der Waals surface area (Å²) in [6.45, 7) is 6.46. The van der Waals surface area contributed by atoms with Crippen LogP contribution >= 0.6 is 27.5 Å². The average Bonchev–Trinajstić information content (AvgIpc) is 2.71. The van der Waals surface area contributed by atoms with E-state index in [1.807, 2.05) is 6.07 Å². The van der Waals surface area contributed by atoms with E-state index in [0.29, 0.717) is 28.4 Å². The Kier molecular flexibility index (Phi) is 5.44. The number of hydrogen-bond donors (Lipinski definition) is 0. The van der Waals surface area contributed by atoms with Crippen molar-refractivity contribution in [2.45, 2.75) is 37.8 Å². The van der Waals surface area contributed by atoms with Gasteiger partial charge in [-0.25, -0.2) is 0 Å². The van der Waals surface area contributed by atoms with Gasteiger partial charge < -0.3 is 14.2 Å². The summed E-state index contributed by atoms with van der Waals surface area (Å²) >= 11 is 10.3. The Hall–Kier alpha value is -0.450. The fourth-order valence-electron chi connectivity index (χ4n) is 3.09. The predicted molar refractivity (Wildman–Crippen MR) is 88.9 cm³/mol. The second-order valence-electron chi connectivity index (χ2n) is 5.61. The van der Waals surface area contributed by atoms with Crippen LogP contribution in [-0.4, -0.2) is 26.4 Å². The van der Waals surface area contributed by atoms with Gasteiger partial charge in [-0.2, -0.15) is 0 Å². The van der Waals surface area contributed by atoms with E-state index >= 15 is 0 Å². The first-order valence-corrected chi connectivity index (χ1v) is 8.41. The second kappa shape index (κ2) is 6.76. The summed E-state index contributed by atoms with van der Waals surface area (Å²) in [5.41, 5.74) is 1.01. The Bertz CT molecular complexity index is 509. The van der Waals surface area contributed by atoms with Gasteiger partial charge in [-0.1, -0.05) is 34.5 Å². The normalized spacial score (nSPS) is 30.2. The summed E-state index contributed by atoms with van der Waals surface area (Å²) in [6, 6.07) is 3.75. The summed E-state index contributed by atoms with van der Waals surface area (Å²) < 4.78 is 16.6. The van der Waals surface area contributed by atoms with Crippen LogP contribution in [0.3, 0.4) is 0 Å². The van der Waals surface area contributed by atoms with E-state index in [-0.39, 0.29) is 17.0 Å². The number of hydrogen-bond acceptors (Lipinski definition) is 3. The number of methoxy groups -OCH3 is 2. The fraction of sp³-hybridized carbons (Fsp3) is 0.625. The van der Waals surface area contributed by atoms with E-state index in [1.165, 1.54) is 0 Å². The quantitative estimate of drug-likeness (QED) is 0.702. The van der Waals surface area contributed by atoms with Crippen LogP contribution < -0.4 is 9.47 Å². The number of halogens is 2. The summed E-state index contributed by atoms with van der Waals surface area (Å²) in [4.78, 5) is 0.111. The molecule has 3 nitrogen and oxygen atoms in total. The van der Waals surface area contributed by atoms with E-state index in [0.717, 1.165) is 5.56 Å². The Morgan fingerprint density at radius 2 is 1.67 bits per heavy atom. The molecule has 5 unspecified atom stereocenters. The van der Waals surface area contributed by atoms with Crippen LogP contribution in [0.2, 0.25) is 5.02 Å². The van der Waals surface area contributed by atoms with Gasteiger partial charge in [0.15, 0.2) is 11.5 Å². The third kappa shape index (κ3) is 3.17. The lowest BCUT2D eigenvalue weighted by atomic mass is 9.84. The molecular formula is C16H22BrClO3. The Morgan fingerprint density at radius 1 is 1.10 bits per heavy atom. The zero-order valence-electron chi connectivity index (χ0n) is 13.0. The summed E-state index contributed by atoms with van der Waals surface area (Å²) in [7, 11) is 3.24. The van der Waals surface area contributed by atoms with Gasteiger partial charge in [-0.05, 0) is 31.4 Å². The predicted octanol–water partition coefficient (Wildman–Crippen LogP) is 4.85. The van der Waals surface area contributed by atoms with Gasteiger partial charge in [0.25, 0.3) is 0 Å². The molecule has 0 aromatic heterocycles. The Balaban J connectivity index is 2.37. The lowest BCUT2D eigenvalue weighted by Crippen LogP contribution is -2.22. The number of benzene rings is 1. The van der Waals surface area contributed by atoms with Crippen molar-refractivity contribution >= 4 is 27.5 Å². The zero-order valence-corrected chi connectivity index (χ0v) is 15.4. The number of ether oxygens (including phenoxy) is 3. The van der Waals surface area contributed by atoms with Crippen LogP contribution in [0.15, 0.2) is 12.1 Å². The largest absolute Gasteiger partial charge is 0.493 e. The van der Waals surface area contributed by atoms with Crippen LogP contribution in [0.1, 0.15) is 31.2 Å². The van der Waals surface area contributed by atoms with Crippen LogP contribution in [0, 0.1) is 11.8 Å². The molecule has 5 atom stereocenters. The number of rotatable bonds is 4. The highest BCUT2D eigenvalue weighted by Crippen LogP contribution is 2.48. The lowest BCUT2D eigenvalue weighted by Gasteiger charge is -2.26. The van der Waals surface area contributed by atoms with Gasteiger partial charge in [0.2, 0.25) is 0 Å². The summed E-state index contributed by atoms with van der Waals surface area (Å²) in [5.74, 6) is 2.14. The molecule has 0 spiro atoms. The molecule has 0 aliphatic carbocycles. The van der Waals surface area contributed by atoms with Gasteiger partial charge >= 0.3 is 0 Å². The molecular weight excluding hydrogens is 356 g/mol. The monoisotopic (exact) mass is 376 g/mol. The maximum Gasteiger partial charge on any atom is 0.162 e. The van der Waals surface area contributed by atoms with E-state index in [4.69, 9.17) is 25.8 Å². The highest BCUT2D eigenvalue weighted by molar-refractivity contribution is 9.09. The zero-order chi connectivity index (χ0) is 15.7. The Morgan fingerprint density at radius 3 is 2.14 bits per heavy atom. The first kappa shape index (κ1) is 16.9. The molecule has 1 aromatic carbocycles. The van der Waals surface area contributed by atoms with E-state index in [2.05, 4.69) is 36.7 Å². The molecule has 0 amide bonds. The molecule has 1 heterocycles. The minimum atomic E-state index is 0.111. The highest BCUT2D eigenvalue weighted by atomic mass is 79.9. The molecule has 1 saturated heterocycles. The molecule has 5 heteroatoms.